The molecule has 3 aliphatic rings. The van der Waals surface area contributed by atoms with Crippen LogP contribution in [0.5, 0.6) is 0 Å². The van der Waals surface area contributed by atoms with Crippen molar-refractivity contribution in [3.8, 4) is 0 Å². The molecule has 0 saturated carbocycles. The number of thiazole rings is 1. The molecule has 0 radical (unpaired) electrons. The third-order valence-electron chi connectivity index (χ3n) is 4.79. The number of carbonyl (C=O) groups excluding carboxylic acids is 1. The number of nitrogen functional groups attached to an aromatic ring is 1. The third-order valence-corrected chi connectivity index (χ3v) is 5.43. The molecule has 2 bridgehead atoms. The average molecular weight is 344 g/mol. The summed E-state index contributed by atoms with van der Waals surface area (Å²) >= 11 is 1.56. The number of amides is 1. The van der Waals surface area contributed by atoms with E-state index in [9.17, 15) is 4.79 Å². The second kappa shape index (κ2) is 6.01. The van der Waals surface area contributed by atoms with Crippen LogP contribution in [0.2, 0.25) is 0 Å². The molecule has 0 spiro atoms. The van der Waals surface area contributed by atoms with Crippen molar-refractivity contribution in [3.63, 3.8) is 0 Å². The number of fused-ring (bicyclic) bond motifs is 4. The molecular formula is C16H20N6OS. The standard InChI is InChI=1S/C16H20N6OS/c1-10-4-14(20-16(17)19-10)21-5-11-2-3-13(7-21)22(15(11)23)6-12-8-24-9-18-12/h4,8-9,11,13H,2-3,5-7H2,1H3,(H2,17,19,20). The highest BCUT2D eigenvalue weighted by Gasteiger charge is 2.41. The van der Waals surface area contributed by atoms with Crippen LogP contribution in [0.3, 0.4) is 0 Å². The molecule has 8 heteroatoms. The van der Waals surface area contributed by atoms with Gasteiger partial charge in [0.05, 0.1) is 23.7 Å². The average Bonchev–Trinajstić information content (AvgIpc) is 2.90. The molecule has 2 N–H and O–H groups in total. The van der Waals surface area contributed by atoms with Gasteiger partial charge in [-0.15, -0.1) is 11.3 Å². The van der Waals surface area contributed by atoms with Gasteiger partial charge in [-0.2, -0.15) is 4.98 Å². The first-order valence-electron chi connectivity index (χ1n) is 8.14. The number of piperidine rings is 1. The highest BCUT2D eigenvalue weighted by atomic mass is 32.1. The van der Waals surface area contributed by atoms with Crippen LogP contribution in [0, 0.1) is 12.8 Å². The first kappa shape index (κ1) is 15.3. The van der Waals surface area contributed by atoms with E-state index in [0.29, 0.717) is 13.1 Å². The number of nitrogens with zero attached hydrogens (tertiary/aromatic N) is 5. The van der Waals surface area contributed by atoms with Gasteiger partial charge in [-0.05, 0) is 19.8 Å². The first-order chi connectivity index (χ1) is 11.6. The fourth-order valence-electron chi connectivity index (χ4n) is 3.66. The summed E-state index contributed by atoms with van der Waals surface area (Å²) in [5, 5.41) is 2.01. The number of hydrogen-bond donors (Lipinski definition) is 1. The maximum atomic E-state index is 12.9. The van der Waals surface area contributed by atoms with Gasteiger partial charge in [-0.1, -0.05) is 0 Å². The Balaban J connectivity index is 1.60. The SMILES string of the molecule is Cc1cc(N2CC3CCC(C2)N(Cc2cscn2)C3=O)nc(N)n1. The number of carbonyl (C=O) groups is 1. The predicted octanol–water partition coefficient (Wildman–Crippen LogP) is 1.45. The molecule has 126 valence electrons. The smallest absolute Gasteiger partial charge is 0.228 e. The van der Waals surface area contributed by atoms with Crippen LogP contribution in [-0.2, 0) is 11.3 Å². The number of hydrogen-bond acceptors (Lipinski definition) is 7. The molecule has 3 aliphatic heterocycles. The zero-order chi connectivity index (χ0) is 16.7. The van der Waals surface area contributed by atoms with Gasteiger partial charge < -0.3 is 15.5 Å². The Labute approximate surface area is 144 Å². The molecule has 7 nitrogen and oxygen atoms in total. The molecule has 2 unspecified atom stereocenters. The molecule has 2 atom stereocenters. The summed E-state index contributed by atoms with van der Waals surface area (Å²) in [5.74, 6) is 1.35. The number of anilines is 2. The molecule has 2 aromatic heterocycles. The molecule has 3 fully saturated rings. The van der Waals surface area contributed by atoms with Crippen molar-refractivity contribution in [2.45, 2.75) is 32.4 Å². The summed E-state index contributed by atoms with van der Waals surface area (Å²) < 4.78 is 0. The Morgan fingerprint density at radius 1 is 1.33 bits per heavy atom. The molecule has 1 amide bonds. The van der Waals surface area contributed by atoms with Crippen LogP contribution in [0.25, 0.3) is 0 Å². The summed E-state index contributed by atoms with van der Waals surface area (Å²) in [5.41, 5.74) is 9.43. The van der Waals surface area contributed by atoms with E-state index in [1.807, 2.05) is 28.8 Å². The Kier molecular flexibility index (Phi) is 3.84. The molecule has 24 heavy (non-hydrogen) atoms. The lowest BCUT2D eigenvalue weighted by Crippen LogP contribution is -2.47. The van der Waals surface area contributed by atoms with E-state index in [2.05, 4.69) is 19.9 Å². The summed E-state index contributed by atoms with van der Waals surface area (Å²) in [4.78, 5) is 29.9. The first-order valence-corrected chi connectivity index (χ1v) is 9.08. The van der Waals surface area contributed by atoms with E-state index < -0.39 is 0 Å². The van der Waals surface area contributed by atoms with E-state index >= 15 is 0 Å². The quantitative estimate of drug-likeness (QED) is 0.907. The minimum absolute atomic E-state index is 0.0129. The lowest BCUT2D eigenvalue weighted by Gasteiger charge is -2.35. The van der Waals surface area contributed by atoms with Crippen molar-refractivity contribution in [1.29, 1.82) is 0 Å². The van der Waals surface area contributed by atoms with Crippen molar-refractivity contribution >= 4 is 29.0 Å². The van der Waals surface area contributed by atoms with Gasteiger partial charge in [0.1, 0.15) is 5.82 Å². The Bertz CT molecular complexity index is 729. The lowest BCUT2D eigenvalue weighted by molar-refractivity contribution is -0.140. The summed E-state index contributed by atoms with van der Waals surface area (Å²) in [6.45, 7) is 3.98. The predicted molar refractivity (Wildman–Crippen MR) is 92.6 cm³/mol. The van der Waals surface area contributed by atoms with Crippen molar-refractivity contribution < 1.29 is 4.79 Å². The highest BCUT2D eigenvalue weighted by molar-refractivity contribution is 7.07. The maximum absolute atomic E-state index is 12.9. The van der Waals surface area contributed by atoms with Crippen molar-refractivity contribution in [2.24, 2.45) is 5.92 Å². The molecule has 5 rings (SSSR count). The highest BCUT2D eigenvalue weighted by Crippen LogP contribution is 2.32. The summed E-state index contributed by atoms with van der Waals surface area (Å²) in [7, 11) is 0. The molecule has 5 heterocycles. The van der Waals surface area contributed by atoms with Gasteiger partial charge in [0.15, 0.2) is 0 Å². The minimum atomic E-state index is 0.0129. The number of aromatic nitrogens is 3. The second-order valence-corrected chi connectivity index (χ2v) is 7.22. The number of rotatable bonds is 3. The Morgan fingerprint density at radius 3 is 2.96 bits per heavy atom. The van der Waals surface area contributed by atoms with Crippen LogP contribution in [-0.4, -0.2) is 44.9 Å². The third kappa shape index (κ3) is 2.82. The zero-order valence-corrected chi connectivity index (χ0v) is 14.4. The van der Waals surface area contributed by atoms with Gasteiger partial charge in [0.2, 0.25) is 11.9 Å². The van der Waals surface area contributed by atoms with E-state index in [-0.39, 0.29) is 23.8 Å². The van der Waals surface area contributed by atoms with Gasteiger partial charge >= 0.3 is 0 Å². The largest absolute Gasteiger partial charge is 0.368 e. The Hall–Kier alpha value is -2.22. The zero-order valence-electron chi connectivity index (χ0n) is 13.6. The van der Waals surface area contributed by atoms with E-state index in [4.69, 9.17) is 5.73 Å². The van der Waals surface area contributed by atoms with Crippen LogP contribution < -0.4 is 10.6 Å². The van der Waals surface area contributed by atoms with Crippen LogP contribution in [0.15, 0.2) is 17.0 Å². The van der Waals surface area contributed by atoms with Gasteiger partial charge in [0, 0.05) is 36.3 Å². The van der Waals surface area contributed by atoms with E-state index in [0.717, 1.165) is 36.6 Å². The summed E-state index contributed by atoms with van der Waals surface area (Å²) in [6, 6.07) is 2.13. The minimum Gasteiger partial charge on any atom is -0.368 e. The molecular weight excluding hydrogens is 324 g/mol. The van der Waals surface area contributed by atoms with Crippen LogP contribution >= 0.6 is 11.3 Å². The van der Waals surface area contributed by atoms with Crippen LogP contribution in [0.1, 0.15) is 24.2 Å². The second-order valence-electron chi connectivity index (χ2n) is 6.50. The van der Waals surface area contributed by atoms with Gasteiger partial charge in [-0.3, -0.25) is 4.79 Å². The van der Waals surface area contributed by atoms with Crippen LogP contribution in [0.4, 0.5) is 11.8 Å². The fraction of sp³-hybridized carbons (Fsp3) is 0.500. The fourth-order valence-corrected chi connectivity index (χ4v) is 4.21. The lowest BCUT2D eigenvalue weighted by atomic mass is 9.94. The maximum Gasteiger partial charge on any atom is 0.228 e. The molecule has 2 aromatic rings. The van der Waals surface area contributed by atoms with E-state index in [1.165, 1.54) is 0 Å². The number of aryl methyl sites for hydroxylation is 1. The van der Waals surface area contributed by atoms with Gasteiger partial charge in [0.25, 0.3) is 0 Å². The topological polar surface area (TPSA) is 88.2 Å². The monoisotopic (exact) mass is 344 g/mol. The molecule has 0 aliphatic carbocycles. The van der Waals surface area contributed by atoms with Gasteiger partial charge in [-0.25, -0.2) is 9.97 Å². The molecule has 3 saturated heterocycles. The van der Waals surface area contributed by atoms with E-state index in [1.54, 1.807) is 11.3 Å². The van der Waals surface area contributed by atoms with Crippen molar-refractivity contribution in [2.75, 3.05) is 23.7 Å². The number of nitrogens with two attached hydrogens (primary N) is 1. The Morgan fingerprint density at radius 2 is 2.21 bits per heavy atom. The van der Waals surface area contributed by atoms with Crippen molar-refractivity contribution in [1.82, 2.24) is 19.9 Å². The van der Waals surface area contributed by atoms with Crippen molar-refractivity contribution in [3.05, 3.63) is 28.3 Å². The normalized spacial score (nSPS) is 23.6. The molecule has 0 aromatic carbocycles. The summed E-state index contributed by atoms with van der Waals surface area (Å²) in [6.07, 6.45) is 1.96.